The van der Waals surface area contributed by atoms with E-state index >= 15 is 0 Å². The first-order valence-electron chi connectivity index (χ1n) is 23.0. The van der Waals surface area contributed by atoms with E-state index in [2.05, 4.69) is 234 Å². The number of anilines is 2. The van der Waals surface area contributed by atoms with E-state index in [4.69, 9.17) is 4.42 Å². The molecule has 0 aliphatic heterocycles. The summed E-state index contributed by atoms with van der Waals surface area (Å²) in [6.45, 7) is 0. The maximum absolute atomic E-state index is 6.61. The Labute approximate surface area is 389 Å². The van der Waals surface area contributed by atoms with E-state index in [-0.39, 0.29) is 0 Å². The third-order valence-corrected chi connectivity index (χ3v) is 13.6. The van der Waals surface area contributed by atoms with Gasteiger partial charge in [-0.2, -0.15) is 0 Å². The van der Waals surface area contributed by atoms with Crippen LogP contribution in [0.4, 0.5) is 11.4 Å². The average molecular weight is 855 g/mol. The van der Waals surface area contributed by atoms with E-state index in [0.717, 1.165) is 68.5 Å². The maximum Gasteiger partial charge on any atom is 0.152 e. The van der Waals surface area contributed by atoms with Crippen LogP contribution in [0.2, 0.25) is 0 Å². The molecule has 314 valence electrons. The Balaban J connectivity index is 0.915. The maximum atomic E-state index is 6.61. The summed E-state index contributed by atoms with van der Waals surface area (Å²) in [4.78, 5) is 2.43. The Bertz CT molecular complexity index is 3880. The van der Waals surface area contributed by atoms with Gasteiger partial charge in [-0.1, -0.05) is 176 Å². The molecule has 3 nitrogen and oxygen atoms in total. The topological polar surface area (TPSA) is 21.3 Å². The minimum absolute atomic E-state index is 0.816. The molecule has 67 heavy (non-hydrogen) atoms. The Kier molecular flexibility index (Phi) is 9.22. The van der Waals surface area contributed by atoms with Gasteiger partial charge in [0.05, 0.1) is 22.3 Å². The normalized spacial score (nSPS) is 12.7. The van der Waals surface area contributed by atoms with E-state index in [1.165, 1.54) is 66.1 Å². The number of rotatable bonds is 8. The molecule has 1 aliphatic rings. The van der Waals surface area contributed by atoms with Crippen molar-refractivity contribution in [2.75, 3.05) is 4.90 Å². The van der Waals surface area contributed by atoms with Crippen LogP contribution in [0.3, 0.4) is 0 Å². The molecule has 2 heterocycles. The minimum Gasteiger partial charge on any atom is -0.455 e. The zero-order chi connectivity index (χ0) is 44.3. The third-order valence-electron chi connectivity index (χ3n) is 13.6. The van der Waals surface area contributed by atoms with Crippen molar-refractivity contribution in [1.29, 1.82) is 0 Å². The van der Waals surface area contributed by atoms with Crippen molar-refractivity contribution in [3.63, 3.8) is 0 Å². The predicted octanol–water partition coefficient (Wildman–Crippen LogP) is 17.3. The van der Waals surface area contributed by atoms with E-state index in [9.17, 15) is 0 Å². The predicted molar refractivity (Wildman–Crippen MR) is 280 cm³/mol. The molecule has 1 aliphatic carbocycles. The lowest BCUT2D eigenvalue weighted by atomic mass is 9.93. The fraction of sp³-hybridized carbons (Fsp3) is 0.0312. The number of nitrogens with zero attached hydrogens (tertiary/aromatic N) is 2. The first kappa shape index (κ1) is 38.6. The second-order valence-electron chi connectivity index (χ2n) is 17.4. The highest BCUT2D eigenvalue weighted by Gasteiger charge is 2.24. The lowest BCUT2D eigenvalue weighted by Crippen LogP contribution is -2.18. The van der Waals surface area contributed by atoms with Gasteiger partial charge in [-0.15, -0.1) is 0 Å². The van der Waals surface area contributed by atoms with Crippen LogP contribution in [0.5, 0.6) is 0 Å². The van der Waals surface area contributed by atoms with Crippen LogP contribution < -0.4 is 4.90 Å². The standard InChI is InChI=1S/C64H42N2O/c1-2-21-52-45(15-1)16-13-26-53(52)48-19-11-17-46(41-48)43-33-37-49(38-34-43)65(60-29-7-5-24-56(60)58-27-14-28-59-57-25-6-10-32-63(57)67-64(58)59)50-39-35-44(36-40-50)47-18-12-20-51(42-47)66-61-30-8-3-22-54(61)55-23-4-9-31-62(55)66/h1-13,15-26,28-35,37-39,41-42H,36,40H2. The van der Waals surface area contributed by atoms with Crippen molar-refractivity contribution in [1.82, 2.24) is 4.57 Å². The van der Waals surface area contributed by atoms with Crippen LogP contribution in [0.15, 0.2) is 241 Å². The molecule has 0 bridgehead atoms. The van der Waals surface area contributed by atoms with Gasteiger partial charge in [0.25, 0.3) is 0 Å². The van der Waals surface area contributed by atoms with Crippen LogP contribution in [0, 0.1) is 12.1 Å². The molecular weight excluding hydrogens is 813 g/mol. The van der Waals surface area contributed by atoms with Crippen molar-refractivity contribution in [3.8, 4) is 39.1 Å². The molecule has 0 unspecified atom stereocenters. The highest BCUT2D eigenvalue weighted by Crippen LogP contribution is 2.44. The van der Waals surface area contributed by atoms with Crippen molar-refractivity contribution < 1.29 is 4.42 Å². The fourth-order valence-corrected chi connectivity index (χ4v) is 10.4. The zero-order valence-electron chi connectivity index (χ0n) is 36.7. The zero-order valence-corrected chi connectivity index (χ0v) is 36.7. The van der Waals surface area contributed by atoms with Crippen molar-refractivity contribution in [2.45, 2.75) is 12.8 Å². The first-order chi connectivity index (χ1) is 33.2. The van der Waals surface area contributed by atoms with Gasteiger partial charge >= 0.3 is 0 Å². The SMILES string of the molecule is c1cc2c(oc3ccccc32)c(-c2ccccc2N(C2=CC=C(c3cccc(-n4c5ccccc5c5ccccc54)c3)CC2)c2ccc(-c3cccc(-c4cccc5ccccc45)c3)cc2)c#1. The Hall–Kier alpha value is -8.84. The Morgan fingerprint density at radius 1 is 0.463 bits per heavy atom. The lowest BCUT2D eigenvalue weighted by molar-refractivity contribution is 0.670. The molecular formula is C64H42N2O. The highest BCUT2D eigenvalue weighted by atomic mass is 16.3. The number of hydrogen-bond acceptors (Lipinski definition) is 2. The molecule has 2 aromatic heterocycles. The van der Waals surface area contributed by atoms with Gasteiger partial charge in [-0.05, 0) is 118 Å². The summed E-state index contributed by atoms with van der Waals surface area (Å²) in [7, 11) is 0. The summed E-state index contributed by atoms with van der Waals surface area (Å²) in [5.41, 5.74) is 17.9. The number of furan rings is 1. The van der Waals surface area contributed by atoms with Crippen LogP contribution in [0.25, 0.3) is 99.2 Å². The molecule has 0 fully saturated rings. The molecule has 10 aromatic carbocycles. The second-order valence-corrected chi connectivity index (χ2v) is 17.4. The number of allylic oxidation sites excluding steroid dienone is 4. The summed E-state index contributed by atoms with van der Waals surface area (Å²) < 4.78 is 9.01. The highest BCUT2D eigenvalue weighted by molar-refractivity contribution is 6.11. The Morgan fingerprint density at radius 3 is 1.94 bits per heavy atom. The molecule has 0 atom stereocenters. The second kappa shape index (κ2) is 16.0. The lowest BCUT2D eigenvalue weighted by Gasteiger charge is -2.31. The molecule has 0 radical (unpaired) electrons. The van der Waals surface area contributed by atoms with E-state index in [0.29, 0.717) is 0 Å². The number of hydrogen-bond donors (Lipinski definition) is 0. The summed E-state index contributed by atoms with van der Waals surface area (Å²) >= 11 is 0. The van der Waals surface area contributed by atoms with Gasteiger partial charge in [-0.3, -0.25) is 0 Å². The monoisotopic (exact) mass is 854 g/mol. The third kappa shape index (κ3) is 6.61. The van der Waals surface area contributed by atoms with E-state index < -0.39 is 0 Å². The Morgan fingerprint density at radius 2 is 1.12 bits per heavy atom. The average Bonchev–Trinajstić information content (AvgIpc) is 3.96. The molecule has 13 rings (SSSR count). The van der Waals surface area contributed by atoms with Crippen molar-refractivity contribution >= 4 is 71.5 Å². The molecule has 0 amide bonds. The summed E-state index contributed by atoms with van der Waals surface area (Å²) in [6.07, 6.45) is 6.38. The minimum atomic E-state index is 0.816. The van der Waals surface area contributed by atoms with Gasteiger partial charge in [0.1, 0.15) is 5.58 Å². The molecule has 3 heteroatoms. The number of benzene rings is 9. The van der Waals surface area contributed by atoms with Crippen molar-refractivity contribution in [3.05, 3.63) is 254 Å². The smallest absolute Gasteiger partial charge is 0.152 e. The molecule has 0 saturated carbocycles. The summed E-state index contributed by atoms with van der Waals surface area (Å²) in [5, 5.41) is 7.15. The summed E-state index contributed by atoms with van der Waals surface area (Å²) in [6, 6.07) is 85.3. The number of fused-ring (bicyclic) bond motifs is 7. The molecule has 12 aromatic rings. The van der Waals surface area contributed by atoms with E-state index in [1.807, 2.05) is 18.2 Å². The number of para-hydroxylation sites is 4. The largest absolute Gasteiger partial charge is 0.455 e. The van der Waals surface area contributed by atoms with Crippen LogP contribution in [-0.2, 0) is 0 Å². The van der Waals surface area contributed by atoms with Gasteiger partial charge in [-0.25, -0.2) is 0 Å². The summed E-state index contributed by atoms with van der Waals surface area (Å²) in [5.74, 6) is 0. The van der Waals surface area contributed by atoms with Crippen LogP contribution in [-0.4, -0.2) is 4.57 Å². The molecule has 0 saturated heterocycles. The van der Waals surface area contributed by atoms with Crippen LogP contribution >= 0.6 is 0 Å². The van der Waals surface area contributed by atoms with Gasteiger partial charge in [0.15, 0.2) is 5.58 Å². The fourth-order valence-electron chi connectivity index (χ4n) is 10.4. The van der Waals surface area contributed by atoms with E-state index in [1.54, 1.807) is 0 Å². The number of aromatic nitrogens is 1. The first-order valence-corrected chi connectivity index (χ1v) is 23.0. The quantitative estimate of drug-likeness (QED) is 0.152. The van der Waals surface area contributed by atoms with Gasteiger partial charge in [0.2, 0.25) is 0 Å². The molecule has 0 N–H and O–H groups in total. The van der Waals surface area contributed by atoms with Crippen LogP contribution in [0.1, 0.15) is 18.4 Å². The van der Waals surface area contributed by atoms with Crippen molar-refractivity contribution in [2.24, 2.45) is 0 Å². The van der Waals surface area contributed by atoms with Gasteiger partial charge < -0.3 is 13.9 Å². The van der Waals surface area contributed by atoms with Gasteiger partial charge in [0, 0.05) is 50.2 Å². The molecule has 0 spiro atoms.